The predicted molar refractivity (Wildman–Crippen MR) is 106 cm³/mol. The molecule has 0 N–H and O–H groups in total. The fraction of sp³-hybridized carbons (Fsp3) is 0.286. The van der Waals surface area contributed by atoms with Gasteiger partial charge >= 0.3 is 0 Å². The van der Waals surface area contributed by atoms with Crippen molar-refractivity contribution in [2.24, 2.45) is 0 Å². The zero-order valence-corrected chi connectivity index (χ0v) is 16.5. The molecule has 2 aromatic carbocycles. The van der Waals surface area contributed by atoms with Crippen LogP contribution in [0.1, 0.15) is 30.0 Å². The van der Waals surface area contributed by atoms with E-state index in [4.69, 9.17) is 9.47 Å². The number of likely N-dealkylation sites (tertiary alicyclic amines) is 1. The van der Waals surface area contributed by atoms with Crippen LogP contribution in [0.15, 0.2) is 53.0 Å². The molecular formula is C21H22BrNO3. The molecule has 2 aromatic rings. The SMILES string of the molecule is COc1ccc(OC)c(C2CCCN2C(=O)C=Cc2ccccc2Br)c1. The Hall–Kier alpha value is -2.27. The number of methoxy groups -OCH3 is 2. The molecule has 3 rings (SSSR count). The van der Waals surface area contributed by atoms with Gasteiger partial charge in [-0.2, -0.15) is 0 Å². The fourth-order valence-electron chi connectivity index (χ4n) is 3.32. The van der Waals surface area contributed by atoms with Crippen LogP contribution in [-0.4, -0.2) is 31.6 Å². The van der Waals surface area contributed by atoms with Gasteiger partial charge in [-0.25, -0.2) is 0 Å². The largest absolute Gasteiger partial charge is 0.497 e. The number of carbonyl (C=O) groups excluding carboxylic acids is 1. The van der Waals surface area contributed by atoms with Gasteiger partial charge in [-0.05, 0) is 48.7 Å². The van der Waals surface area contributed by atoms with Crippen molar-refractivity contribution in [1.29, 1.82) is 0 Å². The smallest absolute Gasteiger partial charge is 0.247 e. The van der Waals surface area contributed by atoms with E-state index >= 15 is 0 Å². The minimum Gasteiger partial charge on any atom is -0.497 e. The van der Waals surface area contributed by atoms with Crippen molar-refractivity contribution in [3.8, 4) is 11.5 Å². The molecule has 1 unspecified atom stereocenters. The number of halogens is 1. The van der Waals surface area contributed by atoms with Crippen molar-refractivity contribution in [2.75, 3.05) is 20.8 Å². The van der Waals surface area contributed by atoms with Gasteiger partial charge in [-0.3, -0.25) is 4.79 Å². The minimum absolute atomic E-state index is 0.00332. The van der Waals surface area contributed by atoms with Crippen molar-refractivity contribution < 1.29 is 14.3 Å². The average Bonchev–Trinajstić information content (AvgIpc) is 3.16. The lowest BCUT2D eigenvalue weighted by Gasteiger charge is -2.25. The summed E-state index contributed by atoms with van der Waals surface area (Å²) in [6.07, 6.45) is 5.38. The van der Waals surface area contributed by atoms with Gasteiger partial charge < -0.3 is 14.4 Å². The molecule has 0 spiro atoms. The van der Waals surface area contributed by atoms with Gasteiger partial charge in [-0.15, -0.1) is 0 Å². The lowest BCUT2D eigenvalue weighted by atomic mass is 10.0. The molecule has 1 amide bonds. The van der Waals surface area contributed by atoms with E-state index < -0.39 is 0 Å². The van der Waals surface area contributed by atoms with Crippen LogP contribution >= 0.6 is 15.9 Å². The molecule has 1 fully saturated rings. The maximum Gasteiger partial charge on any atom is 0.247 e. The molecular weight excluding hydrogens is 394 g/mol. The first-order valence-electron chi connectivity index (χ1n) is 8.59. The molecule has 1 aliphatic rings. The number of rotatable bonds is 5. The molecule has 26 heavy (non-hydrogen) atoms. The summed E-state index contributed by atoms with van der Waals surface area (Å²) < 4.78 is 11.8. The van der Waals surface area contributed by atoms with Crippen molar-refractivity contribution in [3.05, 3.63) is 64.1 Å². The Bertz CT molecular complexity index is 819. The summed E-state index contributed by atoms with van der Waals surface area (Å²) in [5.41, 5.74) is 1.97. The molecule has 5 heteroatoms. The highest BCUT2D eigenvalue weighted by molar-refractivity contribution is 9.10. The molecule has 0 radical (unpaired) electrons. The summed E-state index contributed by atoms with van der Waals surface area (Å²) >= 11 is 3.51. The fourth-order valence-corrected chi connectivity index (χ4v) is 3.74. The number of amides is 1. The first-order chi connectivity index (χ1) is 12.6. The quantitative estimate of drug-likeness (QED) is 0.655. The number of benzene rings is 2. The highest BCUT2D eigenvalue weighted by Crippen LogP contribution is 2.39. The summed E-state index contributed by atoms with van der Waals surface area (Å²) in [5.74, 6) is 1.56. The van der Waals surface area contributed by atoms with Crippen LogP contribution in [-0.2, 0) is 4.79 Å². The second kappa shape index (κ2) is 8.41. The Morgan fingerprint density at radius 1 is 1.19 bits per heavy atom. The summed E-state index contributed by atoms with van der Waals surface area (Å²) in [5, 5.41) is 0. The number of carbonyl (C=O) groups is 1. The van der Waals surface area contributed by atoms with Gasteiger partial charge in [0, 0.05) is 22.7 Å². The molecule has 0 bridgehead atoms. The molecule has 1 atom stereocenters. The summed E-state index contributed by atoms with van der Waals surface area (Å²) in [7, 11) is 3.29. The Morgan fingerprint density at radius 2 is 2.00 bits per heavy atom. The third-order valence-corrected chi connectivity index (χ3v) is 5.36. The standard InChI is InChI=1S/C21H22BrNO3/c1-25-16-10-11-20(26-2)17(14-16)19-8-5-13-23(19)21(24)12-9-15-6-3-4-7-18(15)22/h3-4,6-7,9-12,14,19H,5,8,13H2,1-2H3. The van der Waals surface area contributed by atoms with E-state index in [9.17, 15) is 4.79 Å². The minimum atomic E-state index is -0.00332. The van der Waals surface area contributed by atoms with Crippen molar-refractivity contribution in [2.45, 2.75) is 18.9 Å². The Balaban J connectivity index is 1.84. The van der Waals surface area contributed by atoms with E-state index in [1.54, 1.807) is 20.3 Å². The summed E-state index contributed by atoms with van der Waals surface area (Å²) in [6.45, 7) is 0.740. The van der Waals surface area contributed by atoms with Gasteiger partial charge in [0.2, 0.25) is 5.91 Å². The van der Waals surface area contributed by atoms with E-state index in [1.165, 1.54) is 0 Å². The Morgan fingerprint density at radius 3 is 2.73 bits per heavy atom. The molecule has 1 saturated heterocycles. The summed E-state index contributed by atoms with van der Waals surface area (Å²) in [4.78, 5) is 14.7. The Kier molecular flexibility index (Phi) is 5.99. The third-order valence-electron chi connectivity index (χ3n) is 4.64. The van der Waals surface area contributed by atoms with Gasteiger partial charge in [-0.1, -0.05) is 34.1 Å². The maximum absolute atomic E-state index is 12.8. The second-order valence-electron chi connectivity index (χ2n) is 6.15. The zero-order valence-electron chi connectivity index (χ0n) is 14.9. The molecule has 1 aliphatic heterocycles. The van der Waals surface area contributed by atoms with Crippen molar-refractivity contribution in [3.63, 3.8) is 0 Å². The number of nitrogens with zero attached hydrogens (tertiary/aromatic N) is 1. The highest BCUT2D eigenvalue weighted by atomic mass is 79.9. The van der Waals surface area contributed by atoms with Crippen LogP contribution in [0, 0.1) is 0 Å². The van der Waals surface area contributed by atoms with Crippen LogP contribution < -0.4 is 9.47 Å². The van der Waals surface area contributed by atoms with E-state index in [1.807, 2.05) is 53.4 Å². The molecule has 4 nitrogen and oxygen atoms in total. The topological polar surface area (TPSA) is 38.8 Å². The normalized spacial score (nSPS) is 16.9. The third kappa shape index (κ3) is 3.93. The zero-order chi connectivity index (χ0) is 18.5. The van der Waals surface area contributed by atoms with Gasteiger partial charge in [0.05, 0.1) is 20.3 Å². The monoisotopic (exact) mass is 415 g/mol. The van der Waals surface area contributed by atoms with Gasteiger partial charge in [0.15, 0.2) is 0 Å². The van der Waals surface area contributed by atoms with Crippen LogP contribution in [0.3, 0.4) is 0 Å². The number of hydrogen-bond acceptors (Lipinski definition) is 3. The average molecular weight is 416 g/mol. The summed E-state index contributed by atoms with van der Waals surface area (Å²) in [6, 6.07) is 13.6. The first kappa shape index (κ1) is 18.5. The predicted octanol–water partition coefficient (Wildman–Crippen LogP) is 4.84. The van der Waals surface area contributed by atoms with E-state index in [-0.39, 0.29) is 11.9 Å². The van der Waals surface area contributed by atoms with E-state index in [0.717, 1.165) is 46.5 Å². The van der Waals surface area contributed by atoms with Gasteiger partial charge in [0.1, 0.15) is 11.5 Å². The number of hydrogen-bond donors (Lipinski definition) is 0. The first-order valence-corrected chi connectivity index (χ1v) is 9.38. The van der Waals surface area contributed by atoms with Crippen LogP contribution in [0.4, 0.5) is 0 Å². The van der Waals surface area contributed by atoms with Crippen LogP contribution in [0.2, 0.25) is 0 Å². The lowest BCUT2D eigenvalue weighted by Crippen LogP contribution is -2.29. The maximum atomic E-state index is 12.8. The Labute approximate surface area is 162 Å². The molecule has 136 valence electrons. The van der Waals surface area contributed by atoms with Crippen molar-refractivity contribution >= 4 is 27.9 Å². The van der Waals surface area contributed by atoms with Crippen LogP contribution in [0.25, 0.3) is 6.08 Å². The van der Waals surface area contributed by atoms with Gasteiger partial charge in [0.25, 0.3) is 0 Å². The van der Waals surface area contributed by atoms with E-state index in [2.05, 4.69) is 15.9 Å². The van der Waals surface area contributed by atoms with E-state index in [0.29, 0.717) is 0 Å². The molecule has 0 aliphatic carbocycles. The highest BCUT2D eigenvalue weighted by Gasteiger charge is 2.31. The molecule has 1 heterocycles. The molecule has 0 aromatic heterocycles. The second-order valence-corrected chi connectivity index (χ2v) is 7.01. The van der Waals surface area contributed by atoms with Crippen molar-refractivity contribution in [1.82, 2.24) is 4.90 Å². The molecule has 0 saturated carbocycles. The lowest BCUT2D eigenvalue weighted by molar-refractivity contribution is -0.126. The number of ether oxygens (including phenoxy) is 2. The van der Waals surface area contributed by atoms with Crippen LogP contribution in [0.5, 0.6) is 11.5 Å².